The number of hydrazone groups is 1. The predicted octanol–water partition coefficient (Wildman–Crippen LogP) is 4.18. The van der Waals surface area contributed by atoms with Crippen LogP contribution in [0, 0.1) is 0 Å². The molecule has 0 radical (unpaired) electrons. The van der Waals surface area contributed by atoms with Crippen molar-refractivity contribution in [3.63, 3.8) is 0 Å². The number of halogens is 3. The smallest absolute Gasteiger partial charge is 0.277 e. The average Bonchev–Trinajstić information content (AvgIpc) is 2.49. The summed E-state index contributed by atoms with van der Waals surface area (Å²) in [6.07, 6.45) is 1.37. The summed E-state index contributed by atoms with van der Waals surface area (Å²) in [6, 6.07) is 11.9. The summed E-state index contributed by atoms with van der Waals surface area (Å²) in [5.41, 5.74) is 2.85. The Labute approximate surface area is 142 Å². The Morgan fingerprint density at radius 3 is 2.36 bits per heavy atom. The maximum absolute atomic E-state index is 11.6. The highest BCUT2D eigenvalue weighted by atomic mass is 35.5. The maximum Gasteiger partial charge on any atom is 0.277 e. The number of benzene rings is 2. The van der Waals surface area contributed by atoms with Gasteiger partial charge in [-0.2, -0.15) is 5.10 Å². The first-order chi connectivity index (χ1) is 10.6. The number of carbonyl (C=O) groups is 1. The van der Waals surface area contributed by atoms with Gasteiger partial charge in [-0.25, -0.2) is 5.43 Å². The van der Waals surface area contributed by atoms with E-state index in [1.807, 2.05) is 0 Å². The van der Waals surface area contributed by atoms with Gasteiger partial charge >= 0.3 is 0 Å². The van der Waals surface area contributed by atoms with Crippen molar-refractivity contribution >= 4 is 46.9 Å². The zero-order valence-corrected chi connectivity index (χ0v) is 13.5. The molecular weight excluding hydrogens is 347 g/mol. The minimum absolute atomic E-state index is 0.211. The molecule has 0 spiro atoms. The first kappa shape index (κ1) is 16.6. The maximum atomic E-state index is 11.6. The second-order valence-electron chi connectivity index (χ2n) is 4.15. The zero-order chi connectivity index (χ0) is 15.9. The Balaban J connectivity index is 1.88. The quantitative estimate of drug-likeness (QED) is 0.645. The fraction of sp³-hybridized carbons (Fsp3) is 0.0667. The first-order valence-electron chi connectivity index (χ1n) is 6.21. The monoisotopic (exact) mass is 356 g/mol. The number of amides is 1. The fourth-order valence-electron chi connectivity index (χ4n) is 1.54. The van der Waals surface area contributed by atoms with Crippen molar-refractivity contribution in [2.75, 3.05) is 6.61 Å². The second-order valence-corrected chi connectivity index (χ2v) is 5.37. The molecular formula is C15H11Cl3N2O2. The summed E-state index contributed by atoms with van der Waals surface area (Å²) in [7, 11) is 0. The topological polar surface area (TPSA) is 50.7 Å². The van der Waals surface area contributed by atoms with Crippen LogP contribution in [0.15, 0.2) is 47.6 Å². The highest BCUT2D eigenvalue weighted by Gasteiger charge is 2.05. The lowest BCUT2D eigenvalue weighted by Gasteiger charge is -2.06. The lowest BCUT2D eigenvalue weighted by molar-refractivity contribution is -0.123. The minimum Gasteiger partial charge on any atom is -0.482 e. The Morgan fingerprint density at radius 1 is 1.05 bits per heavy atom. The number of rotatable bonds is 5. The van der Waals surface area contributed by atoms with Gasteiger partial charge in [-0.3, -0.25) is 4.79 Å². The summed E-state index contributed by atoms with van der Waals surface area (Å²) in [4.78, 5) is 11.6. The molecule has 0 aliphatic heterocycles. The van der Waals surface area contributed by atoms with Crippen LogP contribution in [0.4, 0.5) is 0 Å². The Hall–Kier alpha value is -1.75. The van der Waals surface area contributed by atoms with E-state index in [0.717, 1.165) is 0 Å². The highest BCUT2D eigenvalue weighted by molar-refractivity contribution is 6.38. The van der Waals surface area contributed by atoms with Gasteiger partial charge in [-0.1, -0.05) is 53.0 Å². The predicted molar refractivity (Wildman–Crippen MR) is 89.1 cm³/mol. The van der Waals surface area contributed by atoms with Gasteiger partial charge in [-0.15, -0.1) is 0 Å². The molecule has 0 aromatic heterocycles. The van der Waals surface area contributed by atoms with Crippen molar-refractivity contribution in [2.24, 2.45) is 5.10 Å². The Kier molecular flexibility index (Phi) is 6.07. The van der Waals surface area contributed by atoms with Crippen molar-refractivity contribution < 1.29 is 9.53 Å². The van der Waals surface area contributed by atoms with Crippen LogP contribution in [0.2, 0.25) is 15.1 Å². The largest absolute Gasteiger partial charge is 0.482 e. The summed E-state index contributed by atoms with van der Waals surface area (Å²) >= 11 is 17.9. The zero-order valence-electron chi connectivity index (χ0n) is 11.2. The van der Waals surface area contributed by atoms with Crippen molar-refractivity contribution in [2.45, 2.75) is 0 Å². The lowest BCUT2D eigenvalue weighted by atomic mass is 10.2. The van der Waals surface area contributed by atoms with Crippen LogP contribution >= 0.6 is 34.8 Å². The SMILES string of the molecule is O=C(COc1ccccc1Cl)N/N=C\c1c(Cl)cccc1Cl. The minimum atomic E-state index is -0.431. The van der Waals surface area contributed by atoms with Gasteiger partial charge in [0.05, 0.1) is 21.3 Å². The number of carbonyl (C=O) groups excluding carboxylic acids is 1. The molecule has 0 saturated heterocycles. The third-order valence-electron chi connectivity index (χ3n) is 2.58. The van der Waals surface area contributed by atoms with E-state index in [-0.39, 0.29) is 6.61 Å². The number of nitrogens with one attached hydrogen (secondary N) is 1. The van der Waals surface area contributed by atoms with Gasteiger partial charge in [0.15, 0.2) is 6.61 Å². The molecule has 22 heavy (non-hydrogen) atoms. The van der Waals surface area contributed by atoms with Gasteiger partial charge in [-0.05, 0) is 24.3 Å². The molecule has 7 heteroatoms. The fourth-order valence-corrected chi connectivity index (χ4v) is 2.23. The van der Waals surface area contributed by atoms with Gasteiger partial charge in [0.25, 0.3) is 5.91 Å². The first-order valence-corrected chi connectivity index (χ1v) is 7.34. The summed E-state index contributed by atoms with van der Waals surface area (Å²) < 4.78 is 5.28. The van der Waals surface area contributed by atoms with E-state index in [4.69, 9.17) is 39.5 Å². The van der Waals surface area contributed by atoms with Gasteiger partial charge in [0, 0.05) is 5.56 Å². The van der Waals surface area contributed by atoms with Crippen LogP contribution in [-0.2, 0) is 4.79 Å². The molecule has 2 aromatic rings. The van der Waals surface area contributed by atoms with Crippen molar-refractivity contribution in [3.8, 4) is 5.75 Å². The van der Waals surface area contributed by atoms with Crippen LogP contribution in [0.3, 0.4) is 0 Å². The van der Waals surface area contributed by atoms with Gasteiger partial charge in [0.2, 0.25) is 0 Å². The van der Waals surface area contributed by atoms with E-state index in [0.29, 0.717) is 26.4 Å². The average molecular weight is 358 g/mol. The molecule has 2 rings (SSSR count). The van der Waals surface area contributed by atoms with E-state index < -0.39 is 5.91 Å². The van der Waals surface area contributed by atoms with Crippen molar-refractivity contribution in [1.82, 2.24) is 5.43 Å². The molecule has 0 aliphatic carbocycles. The van der Waals surface area contributed by atoms with Crippen LogP contribution < -0.4 is 10.2 Å². The Morgan fingerprint density at radius 2 is 1.68 bits per heavy atom. The molecule has 0 atom stereocenters. The molecule has 4 nitrogen and oxygen atoms in total. The highest BCUT2D eigenvalue weighted by Crippen LogP contribution is 2.23. The normalized spacial score (nSPS) is 10.7. The molecule has 0 unspecified atom stereocenters. The molecule has 0 saturated carbocycles. The summed E-state index contributed by atoms with van der Waals surface area (Å²) in [5.74, 6) is -0.00297. The van der Waals surface area contributed by atoms with Crippen LogP contribution in [0.5, 0.6) is 5.75 Å². The van der Waals surface area contributed by atoms with Gasteiger partial charge in [0.1, 0.15) is 5.75 Å². The molecule has 2 aromatic carbocycles. The van der Waals surface area contributed by atoms with Gasteiger partial charge < -0.3 is 4.74 Å². The second kappa shape index (κ2) is 8.03. The van der Waals surface area contributed by atoms with Crippen molar-refractivity contribution in [1.29, 1.82) is 0 Å². The van der Waals surface area contributed by atoms with E-state index in [1.165, 1.54) is 6.21 Å². The molecule has 0 aliphatic rings. The van der Waals surface area contributed by atoms with Crippen LogP contribution in [-0.4, -0.2) is 18.7 Å². The third kappa shape index (κ3) is 4.63. The number of ether oxygens (including phenoxy) is 1. The van der Waals surface area contributed by atoms with E-state index >= 15 is 0 Å². The number of para-hydroxylation sites is 1. The van der Waals surface area contributed by atoms with E-state index in [1.54, 1.807) is 42.5 Å². The van der Waals surface area contributed by atoms with E-state index in [2.05, 4.69) is 10.5 Å². The third-order valence-corrected chi connectivity index (χ3v) is 3.55. The molecule has 0 heterocycles. The number of hydrogen-bond acceptors (Lipinski definition) is 3. The standard InChI is InChI=1S/C15H11Cl3N2O2/c16-11-5-3-6-12(17)10(11)8-19-20-15(21)9-22-14-7-2-1-4-13(14)18/h1-8H,9H2,(H,20,21)/b19-8-. The summed E-state index contributed by atoms with van der Waals surface area (Å²) in [6.45, 7) is -0.211. The molecule has 1 N–H and O–H groups in total. The molecule has 1 amide bonds. The lowest BCUT2D eigenvalue weighted by Crippen LogP contribution is -2.24. The van der Waals surface area contributed by atoms with Crippen molar-refractivity contribution in [3.05, 3.63) is 63.1 Å². The van der Waals surface area contributed by atoms with Crippen LogP contribution in [0.1, 0.15) is 5.56 Å². The number of nitrogens with zero attached hydrogens (tertiary/aromatic N) is 1. The molecule has 0 fully saturated rings. The Bertz CT molecular complexity index is 685. The number of hydrogen-bond donors (Lipinski definition) is 1. The van der Waals surface area contributed by atoms with E-state index in [9.17, 15) is 4.79 Å². The van der Waals surface area contributed by atoms with Crippen LogP contribution in [0.25, 0.3) is 0 Å². The molecule has 0 bridgehead atoms. The summed E-state index contributed by atoms with van der Waals surface area (Å²) in [5, 5.41) is 5.11. The molecule has 114 valence electrons.